The van der Waals surface area contributed by atoms with Crippen molar-refractivity contribution in [1.29, 1.82) is 5.26 Å². The first-order valence-corrected chi connectivity index (χ1v) is 9.66. The number of furan rings is 1. The van der Waals surface area contributed by atoms with Gasteiger partial charge in [0.25, 0.3) is 0 Å². The van der Waals surface area contributed by atoms with Crippen molar-refractivity contribution in [2.75, 3.05) is 26.2 Å². The highest BCUT2D eigenvalue weighted by molar-refractivity contribution is 5.96. The van der Waals surface area contributed by atoms with Gasteiger partial charge in [0.1, 0.15) is 17.4 Å². The van der Waals surface area contributed by atoms with E-state index < -0.39 is 0 Å². The quantitative estimate of drug-likeness (QED) is 0.758. The highest BCUT2D eigenvalue weighted by atomic mass is 16.3. The molecule has 1 saturated heterocycles. The number of carbonyl (C=O) groups excluding carboxylic acids is 1. The van der Waals surface area contributed by atoms with Crippen LogP contribution in [-0.2, 0) is 11.2 Å². The number of benzene rings is 1. The Hall–Kier alpha value is -2.58. The summed E-state index contributed by atoms with van der Waals surface area (Å²) in [4.78, 5) is 16.7. The summed E-state index contributed by atoms with van der Waals surface area (Å²) >= 11 is 0. The third kappa shape index (κ3) is 4.06. The predicted octanol–water partition coefficient (Wildman–Crippen LogP) is 3.70. The van der Waals surface area contributed by atoms with Gasteiger partial charge in [0, 0.05) is 49.6 Å². The molecule has 2 heterocycles. The van der Waals surface area contributed by atoms with Gasteiger partial charge in [0.15, 0.2) is 0 Å². The Morgan fingerprint density at radius 1 is 1.26 bits per heavy atom. The summed E-state index contributed by atoms with van der Waals surface area (Å²) in [6.45, 7) is 8.97. The largest absolute Gasteiger partial charge is 0.460 e. The van der Waals surface area contributed by atoms with E-state index in [4.69, 9.17) is 4.42 Å². The number of amides is 1. The first-order valence-electron chi connectivity index (χ1n) is 9.66. The summed E-state index contributed by atoms with van der Waals surface area (Å²) in [6.07, 6.45) is 4.31. The van der Waals surface area contributed by atoms with Gasteiger partial charge in [0.05, 0.1) is 6.07 Å². The Bertz CT molecular complexity index is 867. The van der Waals surface area contributed by atoms with Crippen molar-refractivity contribution in [3.8, 4) is 6.07 Å². The Balaban J connectivity index is 1.68. The third-order valence-electron chi connectivity index (χ3n) is 5.21. The third-order valence-corrected chi connectivity index (χ3v) is 5.21. The van der Waals surface area contributed by atoms with E-state index in [0.717, 1.165) is 41.8 Å². The zero-order valence-electron chi connectivity index (χ0n) is 16.3. The fourth-order valence-electron chi connectivity index (χ4n) is 3.69. The molecule has 1 aliphatic heterocycles. The highest BCUT2D eigenvalue weighted by Crippen LogP contribution is 2.27. The van der Waals surface area contributed by atoms with Crippen molar-refractivity contribution in [2.45, 2.75) is 33.2 Å². The highest BCUT2D eigenvalue weighted by Gasteiger charge is 2.27. The fourth-order valence-corrected chi connectivity index (χ4v) is 3.69. The summed E-state index contributed by atoms with van der Waals surface area (Å²) in [7, 11) is 0. The van der Waals surface area contributed by atoms with E-state index in [1.165, 1.54) is 0 Å². The van der Waals surface area contributed by atoms with Crippen LogP contribution in [0.3, 0.4) is 0 Å². The predicted molar refractivity (Wildman–Crippen MR) is 107 cm³/mol. The second-order valence-corrected chi connectivity index (χ2v) is 7.30. The summed E-state index contributed by atoms with van der Waals surface area (Å²) < 4.78 is 5.89. The number of nitriles is 1. The summed E-state index contributed by atoms with van der Waals surface area (Å²) in [6, 6.07) is 10.2. The minimum atomic E-state index is -0.0813. The zero-order chi connectivity index (χ0) is 19.4. The molecule has 0 N–H and O–H groups in total. The van der Waals surface area contributed by atoms with Crippen LogP contribution >= 0.6 is 0 Å². The van der Waals surface area contributed by atoms with Gasteiger partial charge in [-0.1, -0.05) is 39.0 Å². The van der Waals surface area contributed by atoms with Gasteiger partial charge < -0.3 is 9.32 Å². The monoisotopic (exact) mass is 365 g/mol. The Labute approximate surface area is 160 Å². The molecule has 1 aromatic heterocycles. The van der Waals surface area contributed by atoms with E-state index in [1.54, 1.807) is 6.08 Å². The fraction of sp³-hybridized carbons (Fsp3) is 0.455. The van der Waals surface area contributed by atoms with Crippen molar-refractivity contribution in [1.82, 2.24) is 9.80 Å². The van der Waals surface area contributed by atoms with Crippen molar-refractivity contribution in [2.24, 2.45) is 5.92 Å². The van der Waals surface area contributed by atoms with Crippen molar-refractivity contribution < 1.29 is 9.21 Å². The molecule has 1 aliphatic rings. The summed E-state index contributed by atoms with van der Waals surface area (Å²) in [5.41, 5.74) is 1.84. The molecular formula is C22H27N3O2. The van der Waals surface area contributed by atoms with E-state index in [0.29, 0.717) is 19.0 Å². The maximum Gasteiger partial charge on any atom is 0.246 e. The van der Waals surface area contributed by atoms with Gasteiger partial charge in [-0.05, 0) is 18.1 Å². The zero-order valence-corrected chi connectivity index (χ0v) is 16.3. The van der Waals surface area contributed by atoms with Crippen molar-refractivity contribution in [3.63, 3.8) is 0 Å². The molecule has 0 saturated carbocycles. The Kier molecular flexibility index (Phi) is 5.98. The molecule has 1 amide bonds. The average Bonchev–Trinajstić information content (AvgIpc) is 3.04. The number of hydrogen-bond donors (Lipinski definition) is 0. The molecule has 27 heavy (non-hydrogen) atoms. The topological polar surface area (TPSA) is 60.5 Å². The van der Waals surface area contributed by atoms with Crippen LogP contribution in [0.15, 0.2) is 34.8 Å². The molecule has 0 radical (unpaired) electrons. The van der Waals surface area contributed by atoms with Gasteiger partial charge in [-0.2, -0.15) is 5.26 Å². The number of aryl methyl sites for hydroxylation is 1. The minimum absolute atomic E-state index is 0.0139. The van der Waals surface area contributed by atoms with Crippen LogP contribution in [0, 0.1) is 17.2 Å². The number of piperazine rings is 1. The van der Waals surface area contributed by atoms with Crippen LogP contribution in [0.1, 0.15) is 32.1 Å². The lowest BCUT2D eigenvalue weighted by Crippen LogP contribution is -2.52. The number of nitrogens with zero attached hydrogens (tertiary/aromatic N) is 3. The molecule has 142 valence electrons. The smallest absolute Gasteiger partial charge is 0.246 e. The number of fused-ring (bicyclic) bond motifs is 1. The number of para-hydroxylation sites is 1. The van der Waals surface area contributed by atoms with Crippen LogP contribution in [0.2, 0.25) is 0 Å². The van der Waals surface area contributed by atoms with Crippen LogP contribution in [0.5, 0.6) is 0 Å². The van der Waals surface area contributed by atoms with Gasteiger partial charge in [0.2, 0.25) is 5.91 Å². The van der Waals surface area contributed by atoms with E-state index in [2.05, 4.69) is 31.7 Å². The van der Waals surface area contributed by atoms with Crippen LogP contribution in [-0.4, -0.2) is 47.9 Å². The van der Waals surface area contributed by atoms with E-state index in [9.17, 15) is 10.1 Å². The van der Waals surface area contributed by atoms with Gasteiger partial charge >= 0.3 is 0 Å². The summed E-state index contributed by atoms with van der Waals surface area (Å²) in [5, 5.41) is 10.4. The number of carbonyl (C=O) groups is 1. The first kappa shape index (κ1) is 19.2. The molecule has 1 fully saturated rings. The SMILES string of the molecule is CCc1oc2ccccc2c1/C=C/C(=O)N1CCN(C(C#N)C(C)C)CC1. The maximum atomic E-state index is 12.6. The molecule has 1 atom stereocenters. The van der Waals surface area contributed by atoms with Crippen LogP contribution < -0.4 is 0 Å². The number of hydrogen-bond acceptors (Lipinski definition) is 4. The minimum Gasteiger partial charge on any atom is -0.460 e. The molecule has 5 heteroatoms. The molecule has 3 rings (SSSR count). The molecule has 0 bridgehead atoms. The van der Waals surface area contributed by atoms with Crippen molar-refractivity contribution in [3.05, 3.63) is 41.7 Å². The molecular weight excluding hydrogens is 338 g/mol. The molecule has 0 aliphatic carbocycles. The molecule has 1 unspecified atom stereocenters. The normalized spacial score (nSPS) is 16.9. The van der Waals surface area contributed by atoms with E-state index in [1.807, 2.05) is 35.2 Å². The van der Waals surface area contributed by atoms with E-state index in [-0.39, 0.29) is 11.9 Å². The maximum absolute atomic E-state index is 12.6. The van der Waals surface area contributed by atoms with E-state index >= 15 is 0 Å². The number of rotatable bonds is 5. The molecule has 1 aromatic carbocycles. The van der Waals surface area contributed by atoms with Crippen LogP contribution in [0.4, 0.5) is 0 Å². The summed E-state index contributed by atoms with van der Waals surface area (Å²) in [5.74, 6) is 1.21. The van der Waals surface area contributed by atoms with Gasteiger partial charge in [-0.15, -0.1) is 0 Å². The van der Waals surface area contributed by atoms with Crippen molar-refractivity contribution >= 4 is 23.0 Å². The Morgan fingerprint density at radius 3 is 2.59 bits per heavy atom. The average molecular weight is 365 g/mol. The van der Waals surface area contributed by atoms with Crippen LogP contribution in [0.25, 0.3) is 17.0 Å². The molecule has 2 aromatic rings. The lowest BCUT2D eigenvalue weighted by atomic mass is 10.0. The lowest BCUT2D eigenvalue weighted by Gasteiger charge is -2.37. The lowest BCUT2D eigenvalue weighted by molar-refractivity contribution is -0.127. The first-order chi connectivity index (χ1) is 13.0. The van der Waals surface area contributed by atoms with Gasteiger partial charge in [-0.25, -0.2) is 0 Å². The second kappa shape index (κ2) is 8.41. The Morgan fingerprint density at radius 2 is 1.96 bits per heavy atom. The molecule has 5 nitrogen and oxygen atoms in total. The standard InChI is InChI=1S/C22H27N3O2/c1-4-20-18(17-7-5-6-8-21(17)27-20)9-10-22(26)25-13-11-24(12-14-25)19(15-23)16(2)3/h5-10,16,19H,4,11-14H2,1-3H3/b10-9+. The van der Waals surface area contributed by atoms with Gasteiger partial charge in [-0.3, -0.25) is 9.69 Å². The molecule has 0 spiro atoms. The second-order valence-electron chi connectivity index (χ2n) is 7.30.